The van der Waals surface area contributed by atoms with Gasteiger partial charge in [0.05, 0.1) is 6.04 Å². The van der Waals surface area contributed by atoms with Crippen LogP contribution in [0.2, 0.25) is 10.0 Å². The molecule has 0 heterocycles. The number of carbonyl (C=O) groups excluding carboxylic acids is 1. The minimum absolute atomic E-state index is 0.0323. The highest BCUT2D eigenvalue weighted by Gasteiger charge is 2.41. The van der Waals surface area contributed by atoms with Gasteiger partial charge in [-0.2, -0.15) is 0 Å². The zero-order chi connectivity index (χ0) is 13.4. The van der Waals surface area contributed by atoms with Crippen LogP contribution < -0.4 is 0 Å². The van der Waals surface area contributed by atoms with Gasteiger partial charge in [-0.15, -0.1) is 0 Å². The summed E-state index contributed by atoms with van der Waals surface area (Å²) in [6.07, 6.45) is 1.00. The monoisotopic (exact) mass is 285 g/mol. The quantitative estimate of drug-likeness (QED) is 0.816. The molecule has 98 valence electrons. The summed E-state index contributed by atoms with van der Waals surface area (Å²) in [5.41, 5.74) is 0.935. The third-order valence-corrected chi connectivity index (χ3v) is 4.33. The molecule has 1 aromatic rings. The second kappa shape index (κ2) is 5.10. The van der Waals surface area contributed by atoms with Gasteiger partial charge < -0.3 is 4.90 Å². The lowest BCUT2D eigenvalue weighted by molar-refractivity contribution is -0.133. The summed E-state index contributed by atoms with van der Waals surface area (Å²) >= 11 is 12.1. The molecule has 1 fully saturated rings. The fraction of sp³-hybridized carbons (Fsp3) is 0.500. The van der Waals surface area contributed by atoms with Crippen LogP contribution in [0.5, 0.6) is 0 Å². The van der Waals surface area contributed by atoms with E-state index >= 15 is 0 Å². The molecule has 0 aromatic heterocycles. The lowest BCUT2D eigenvalue weighted by Gasteiger charge is -2.26. The van der Waals surface area contributed by atoms with E-state index in [0.29, 0.717) is 16.0 Å². The summed E-state index contributed by atoms with van der Waals surface area (Å²) in [5.74, 6) is 0.928. The van der Waals surface area contributed by atoms with Crippen LogP contribution in [-0.2, 0) is 4.79 Å². The SMILES string of the molecule is CC1CC1C(=O)N(C)C(C)c1ccc(Cl)cc1Cl. The zero-order valence-electron chi connectivity index (χ0n) is 10.8. The number of amides is 1. The van der Waals surface area contributed by atoms with E-state index in [0.717, 1.165) is 12.0 Å². The van der Waals surface area contributed by atoms with Gasteiger partial charge in [-0.1, -0.05) is 36.2 Å². The molecule has 0 saturated heterocycles. The van der Waals surface area contributed by atoms with Crippen molar-refractivity contribution in [3.63, 3.8) is 0 Å². The van der Waals surface area contributed by atoms with E-state index in [1.807, 2.05) is 20.0 Å². The molecular weight excluding hydrogens is 269 g/mol. The molecule has 0 spiro atoms. The Morgan fingerprint density at radius 3 is 2.56 bits per heavy atom. The van der Waals surface area contributed by atoms with Gasteiger partial charge in [-0.25, -0.2) is 0 Å². The Balaban J connectivity index is 2.15. The molecule has 3 atom stereocenters. The third kappa shape index (κ3) is 2.65. The highest BCUT2D eigenvalue weighted by Crippen LogP contribution is 2.40. The molecule has 0 bridgehead atoms. The topological polar surface area (TPSA) is 20.3 Å². The Morgan fingerprint density at radius 1 is 1.44 bits per heavy atom. The maximum Gasteiger partial charge on any atom is 0.226 e. The van der Waals surface area contributed by atoms with E-state index in [9.17, 15) is 4.79 Å². The van der Waals surface area contributed by atoms with Crippen molar-refractivity contribution in [2.24, 2.45) is 11.8 Å². The van der Waals surface area contributed by atoms with Crippen molar-refractivity contribution >= 4 is 29.1 Å². The number of carbonyl (C=O) groups is 1. The molecule has 1 aliphatic carbocycles. The van der Waals surface area contributed by atoms with Crippen molar-refractivity contribution < 1.29 is 4.79 Å². The summed E-state index contributed by atoms with van der Waals surface area (Å²) in [5, 5.41) is 1.22. The molecule has 1 aromatic carbocycles. The molecule has 1 aliphatic rings. The Labute approximate surface area is 118 Å². The fourth-order valence-corrected chi connectivity index (χ4v) is 2.73. The standard InChI is InChI=1S/C14H17Cl2NO/c1-8-6-12(8)14(18)17(3)9(2)11-5-4-10(15)7-13(11)16/h4-5,7-9,12H,6H2,1-3H3. The van der Waals surface area contributed by atoms with Crippen LogP contribution in [0.3, 0.4) is 0 Å². The summed E-state index contributed by atoms with van der Waals surface area (Å²) in [6, 6.07) is 5.37. The largest absolute Gasteiger partial charge is 0.339 e. The van der Waals surface area contributed by atoms with E-state index in [1.54, 1.807) is 17.0 Å². The van der Waals surface area contributed by atoms with Crippen molar-refractivity contribution in [2.75, 3.05) is 7.05 Å². The van der Waals surface area contributed by atoms with Gasteiger partial charge in [0.2, 0.25) is 5.91 Å². The first-order valence-corrected chi connectivity index (χ1v) is 6.89. The number of hydrogen-bond acceptors (Lipinski definition) is 1. The first kappa shape index (κ1) is 13.7. The van der Waals surface area contributed by atoms with E-state index in [2.05, 4.69) is 6.92 Å². The van der Waals surface area contributed by atoms with Gasteiger partial charge in [-0.05, 0) is 37.0 Å². The zero-order valence-corrected chi connectivity index (χ0v) is 12.3. The van der Waals surface area contributed by atoms with Gasteiger partial charge >= 0.3 is 0 Å². The Kier molecular flexibility index (Phi) is 3.88. The Bertz CT molecular complexity index is 475. The van der Waals surface area contributed by atoms with Crippen molar-refractivity contribution in [3.8, 4) is 0 Å². The number of nitrogens with zero attached hydrogens (tertiary/aromatic N) is 1. The van der Waals surface area contributed by atoms with Crippen LogP contribution in [0.4, 0.5) is 0 Å². The van der Waals surface area contributed by atoms with Gasteiger partial charge in [0.1, 0.15) is 0 Å². The number of benzene rings is 1. The van der Waals surface area contributed by atoms with Crippen molar-refractivity contribution in [1.82, 2.24) is 4.90 Å². The van der Waals surface area contributed by atoms with Crippen molar-refractivity contribution in [3.05, 3.63) is 33.8 Å². The minimum atomic E-state index is -0.0323. The third-order valence-electron chi connectivity index (χ3n) is 3.77. The average Bonchev–Trinajstić information content (AvgIpc) is 3.03. The van der Waals surface area contributed by atoms with Crippen molar-refractivity contribution in [2.45, 2.75) is 26.3 Å². The van der Waals surface area contributed by atoms with Gasteiger partial charge in [-0.3, -0.25) is 4.79 Å². The first-order chi connectivity index (χ1) is 8.41. The molecule has 18 heavy (non-hydrogen) atoms. The maximum absolute atomic E-state index is 12.2. The van der Waals surface area contributed by atoms with E-state index < -0.39 is 0 Å². The van der Waals surface area contributed by atoms with Gasteiger partial charge in [0, 0.05) is 23.0 Å². The lowest BCUT2D eigenvalue weighted by Crippen LogP contribution is -2.31. The van der Waals surface area contributed by atoms with Crippen LogP contribution in [0.1, 0.15) is 31.9 Å². The van der Waals surface area contributed by atoms with E-state index in [1.165, 1.54) is 0 Å². The highest BCUT2D eigenvalue weighted by atomic mass is 35.5. The van der Waals surface area contributed by atoms with Crippen LogP contribution in [0, 0.1) is 11.8 Å². The smallest absolute Gasteiger partial charge is 0.226 e. The predicted molar refractivity (Wildman–Crippen MR) is 74.9 cm³/mol. The molecular formula is C14H17Cl2NO. The number of hydrogen-bond donors (Lipinski definition) is 0. The van der Waals surface area contributed by atoms with Crippen LogP contribution in [0.25, 0.3) is 0 Å². The first-order valence-electron chi connectivity index (χ1n) is 6.13. The molecule has 0 radical (unpaired) electrons. The molecule has 1 amide bonds. The summed E-state index contributed by atoms with van der Waals surface area (Å²) < 4.78 is 0. The number of halogens is 2. The number of rotatable bonds is 3. The Hall–Kier alpha value is -0.730. The Morgan fingerprint density at radius 2 is 2.06 bits per heavy atom. The van der Waals surface area contributed by atoms with Crippen LogP contribution in [-0.4, -0.2) is 17.9 Å². The van der Waals surface area contributed by atoms with Crippen LogP contribution in [0.15, 0.2) is 18.2 Å². The predicted octanol–water partition coefficient (Wildman–Crippen LogP) is 4.17. The van der Waals surface area contributed by atoms with Gasteiger partial charge in [0.25, 0.3) is 0 Å². The maximum atomic E-state index is 12.2. The van der Waals surface area contributed by atoms with E-state index in [-0.39, 0.29) is 17.9 Å². The molecule has 0 aliphatic heterocycles. The second-order valence-corrected chi connectivity index (χ2v) is 5.95. The fourth-order valence-electron chi connectivity index (χ4n) is 2.17. The lowest BCUT2D eigenvalue weighted by atomic mass is 10.1. The van der Waals surface area contributed by atoms with E-state index in [4.69, 9.17) is 23.2 Å². The summed E-state index contributed by atoms with van der Waals surface area (Å²) in [4.78, 5) is 13.9. The highest BCUT2D eigenvalue weighted by molar-refractivity contribution is 6.35. The summed E-state index contributed by atoms with van der Waals surface area (Å²) in [6.45, 7) is 4.09. The minimum Gasteiger partial charge on any atom is -0.339 e. The average molecular weight is 286 g/mol. The molecule has 4 heteroatoms. The molecule has 1 saturated carbocycles. The van der Waals surface area contributed by atoms with Crippen LogP contribution >= 0.6 is 23.2 Å². The molecule has 0 N–H and O–H groups in total. The molecule has 3 unspecified atom stereocenters. The molecule has 2 rings (SSSR count). The normalized spacial score (nSPS) is 23.6. The summed E-state index contributed by atoms with van der Waals surface area (Å²) in [7, 11) is 1.84. The second-order valence-electron chi connectivity index (χ2n) is 5.11. The van der Waals surface area contributed by atoms with Crippen molar-refractivity contribution in [1.29, 1.82) is 0 Å². The molecule has 2 nitrogen and oxygen atoms in total. The van der Waals surface area contributed by atoms with Gasteiger partial charge in [0.15, 0.2) is 0 Å².